The van der Waals surface area contributed by atoms with Gasteiger partial charge in [0.2, 0.25) is 6.29 Å². The van der Waals surface area contributed by atoms with Gasteiger partial charge in [-0.05, 0) is 0 Å². The highest BCUT2D eigenvalue weighted by atomic mass is 16.8. The predicted octanol–water partition coefficient (Wildman–Crippen LogP) is -0.582. The fraction of sp³-hybridized carbons (Fsp3) is 0.750. The SMILES string of the molecule is CC(=O)OC[C@@H]1C[C@H](OC(C)=O)[C@@H](OC(C)=O)C(ON)O1. The first kappa shape index (κ1) is 17.3. The number of carbonyl (C=O) groups excluding carboxylic acids is 3. The highest BCUT2D eigenvalue weighted by molar-refractivity contribution is 5.67. The second kappa shape index (κ2) is 7.91. The Morgan fingerprint density at radius 2 is 1.71 bits per heavy atom. The normalized spacial score (nSPS) is 28.6. The zero-order valence-corrected chi connectivity index (χ0v) is 12.1. The maximum Gasteiger partial charge on any atom is 0.303 e. The Bertz CT molecular complexity index is 399. The highest BCUT2D eigenvalue weighted by Gasteiger charge is 2.44. The van der Waals surface area contributed by atoms with Gasteiger partial charge in [0.05, 0.1) is 6.10 Å². The average Bonchev–Trinajstić information content (AvgIpc) is 2.37. The molecular formula is C12H19NO8. The summed E-state index contributed by atoms with van der Waals surface area (Å²) in [6.45, 7) is 3.62. The molecule has 0 spiro atoms. The Kier molecular flexibility index (Phi) is 6.53. The summed E-state index contributed by atoms with van der Waals surface area (Å²) in [7, 11) is 0. The topological polar surface area (TPSA) is 123 Å². The third-order valence-corrected chi connectivity index (χ3v) is 2.68. The van der Waals surface area contributed by atoms with E-state index in [1.807, 2.05) is 0 Å². The Morgan fingerprint density at radius 3 is 2.19 bits per heavy atom. The third kappa shape index (κ3) is 5.66. The van der Waals surface area contributed by atoms with Crippen LogP contribution in [-0.4, -0.2) is 49.1 Å². The van der Waals surface area contributed by atoms with Crippen LogP contribution in [0.2, 0.25) is 0 Å². The van der Waals surface area contributed by atoms with Crippen LogP contribution in [0.5, 0.6) is 0 Å². The molecule has 0 aromatic carbocycles. The second-order valence-electron chi connectivity index (χ2n) is 4.52. The standard InChI is InChI=1S/C12H19NO8/c1-6(14)17-5-9-4-10(18-7(2)15)11(19-8(3)16)12(20-9)21-13/h9-12H,4-5,13H2,1-3H3/t9-,10-,11+,12?/m0/s1. The van der Waals surface area contributed by atoms with Gasteiger partial charge >= 0.3 is 17.9 Å². The van der Waals surface area contributed by atoms with E-state index in [0.29, 0.717) is 0 Å². The largest absolute Gasteiger partial charge is 0.463 e. The van der Waals surface area contributed by atoms with Gasteiger partial charge in [-0.3, -0.25) is 19.2 Å². The summed E-state index contributed by atoms with van der Waals surface area (Å²) in [6, 6.07) is 0. The zero-order valence-electron chi connectivity index (χ0n) is 12.1. The van der Waals surface area contributed by atoms with Gasteiger partial charge in [0.1, 0.15) is 12.7 Å². The van der Waals surface area contributed by atoms with Crippen molar-refractivity contribution < 1.29 is 38.2 Å². The number of ether oxygens (including phenoxy) is 4. The van der Waals surface area contributed by atoms with Crippen molar-refractivity contribution in [2.24, 2.45) is 5.90 Å². The van der Waals surface area contributed by atoms with Gasteiger partial charge < -0.3 is 18.9 Å². The van der Waals surface area contributed by atoms with Crippen molar-refractivity contribution in [2.75, 3.05) is 6.61 Å². The van der Waals surface area contributed by atoms with E-state index in [0.717, 1.165) is 0 Å². The molecule has 0 amide bonds. The van der Waals surface area contributed by atoms with Crippen molar-refractivity contribution in [1.29, 1.82) is 0 Å². The number of hydrogen-bond acceptors (Lipinski definition) is 9. The molecule has 9 nitrogen and oxygen atoms in total. The Labute approximate surface area is 121 Å². The number of nitrogens with two attached hydrogens (primary N) is 1. The molecule has 1 heterocycles. The molecule has 21 heavy (non-hydrogen) atoms. The van der Waals surface area contributed by atoms with E-state index in [9.17, 15) is 14.4 Å². The summed E-state index contributed by atoms with van der Waals surface area (Å²) >= 11 is 0. The van der Waals surface area contributed by atoms with Crippen LogP contribution < -0.4 is 5.90 Å². The third-order valence-electron chi connectivity index (χ3n) is 2.68. The molecule has 0 aromatic heterocycles. The molecule has 1 unspecified atom stereocenters. The Balaban J connectivity index is 2.80. The number of carbonyl (C=O) groups is 3. The molecule has 0 bridgehead atoms. The maximum atomic E-state index is 11.2. The second-order valence-corrected chi connectivity index (χ2v) is 4.52. The summed E-state index contributed by atoms with van der Waals surface area (Å²) in [5, 5.41) is 0. The van der Waals surface area contributed by atoms with Crippen LogP contribution in [0.1, 0.15) is 27.2 Å². The van der Waals surface area contributed by atoms with Crippen LogP contribution in [0.25, 0.3) is 0 Å². The Morgan fingerprint density at radius 1 is 1.10 bits per heavy atom. The molecule has 2 N–H and O–H groups in total. The van der Waals surface area contributed by atoms with Gasteiger partial charge in [-0.2, -0.15) is 0 Å². The van der Waals surface area contributed by atoms with E-state index >= 15 is 0 Å². The molecular weight excluding hydrogens is 286 g/mol. The molecule has 9 heteroatoms. The Hall–Kier alpha value is -1.71. The summed E-state index contributed by atoms with van der Waals surface area (Å²) in [5.41, 5.74) is 0. The van der Waals surface area contributed by atoms with Crippen molar-refractivity contribution in [3.8, 4) is 0 Å². The van der Waals surface area contributed by atoms with Crippen molar-refractivity contribution in [2.45, 2.75) is 51.8 Å². The van der Waals surface area contributed by atoms with E-state index in [-0.39, 0.29) is 13.0 Å². The van der Waals surface area contributed by atoms with Crippen molar-refractivity contribution >= 4 is 17.9 Å². The van der Waals surface area contributed by atoms with Crippen molar-refractivity contribution in [3.05, 3.63) is 0 Å². The van der Waals surface area contributed by atoms with Gasteiger partial charge in [0, 0.05) is 27.2 Å². The first-order chi connectivity index (χ1) is 9.83. The first-order valence-corrected chi connectivity index (χ1v) is 6.32. The van der Waals surface area contributed by atoms with Crippen molar-refractivity contribution in [3.63, 3.8) is 0 Å². The summed E-state index contributed by atoms with van der Waals surface area (Å²) in [5.74, 6) is 3.49. The maximum absolute atomic E-state index is 11.2. The van der Waals surface area contributed by atoms with Gasteiger partial charge in [0.25, 0.3) is 0 Å². The fourth-order valence-corrected chi connectivity index (χ4v) is 1.97. The molecule has 1 aliphatic rings. The molecule has 1 rings (SSSR count). The van der Waals surface area contributed by atoms with E-state index < -0.39 is 42.5 Å². The average molecular weight is 305 g/mol. The molecule has 1 aliphatic heterocycles. The zero-order chi connectivity index (χ0) is 16.0. The molecule has 0 aromatic rings. The van der Waals surface area contributed by atoms with E-state index in [1.165, 1.54) is 20.8 Å². The minimum absolute atomic E-state index is 0.0558. The van der Waals surface area contributed by atoms with Crippen LogP contribution in [0, 0.1) is 0 Å². The van der Waals surface area contributed by atoms with Crippen molar-refractivity contribution in [1.82, 2.24) is 0 Å². The van der Waals surface area contributed by atoms with Crippen LogP contribution in [0.3, 0.4) is 0 Å². The van der Waals surface area contributed by atoms with E-state index in [4.69, 9.17) is 24.8 Å². The molecule has 0 saturated carbocycles. The van der Waals surface area contributed by atoms with Gasteiger partial charge in [0.15, 0.2) is 6.10 Å². The highest BCUT2D eigenvalue weighted by Crippen LogP contribution is 2.26. The van der Waals surface area contributed by atoms with Gasteiger partial charge in [-0.15, -0.1) is 0 Å². The van der Waals surface area contributed by atoms with Gasteiger partial charge in [-0.1, -0.05) is 0 Å². The lowest BCUT2D eigenvalue weighted by atomic mass is 10.0. The molecule has 120 valence electrons. The lowest BCUT2D eigenvalue weighted by Crippen LogP contribution is -2.54. The summed E-state index contributed by atoms with van der Waals surface area (Å²) in [4.78, 5) is 37.7. The quantitative estimate of drug-likeness (QED) is 0.403. The molecule has 4 atom stereocenters. The van der Waals surface area contributed by atoms with Gasteiger partial charge in [-0.25, -0.2) is 5.90 Å². The molecule has 0 aliphatic carbocycles. The minimum Gasteiger partial charge on any atom is -0.463 e. The lowest BCUT2D eigenvalue weighted by Gasteiger charge is -2.38. The van der Waals surface area contributed by atoms with E-state index in [2.05, 4.69) is 4.84 Å². The number of esters is 3. The molecule has 1 fully saturated rings. The summed E-state index contributed by atoms with van der Waals surface area (Å²) in [6.07, 6.45) is -3.37. The number of hydrogen-bond donors (Lipinski definition) is 1. The van der Waals surface area contributed by atoms with Crippen LogP contribution in [0.4, 0.5) is 0 Å². The smallest absolute Gasteiger partial charge is 0.303 e. The summed E-state index contributed by atoms with van der Waals surface area (Å²) < 4.78 is 20.4. The van der Waals surface area contributed by atoms with E-state index in [1.54, 1.807) is 0 Å². The van der Waals surface area contributed by atoms with Crippen LogP contribution >= 0.6 is 0 Å². The molecule has 0 radical (unpaired) electrons. The van der Waals surface area contributed by atoms with Crippen LogP contribution in [0.15, 0.2) is 0 Å². The minimum atomic E-state index is -1.13. The van der Waals surface area contributed by atoms with Crippen LogP contribution in [-0.2, 0) is 38.2 Å². The first-order valence-electron chi connectivity index (χ1n) is 6.32. The molecule has 1 saturated heterocycles. The number of rotatable bonds is 5. The lowest BCUT2D eigenvalue weighted by molar-refractivity contribution is -0.281. The fourth-order valence-electron chi connectivity index (χ4n) is 1.97. The monoisotopic (exact) mass is 305 g/mol. The predicted molar refractivity (Wildman–Crippen MR) is 66.3 cm³/mol.